The highest BCUT2D eigenvalue weighted by Crippen LogP contribution is 2.42. The van der Waals surface area contributed by atoms with Crippen LogP contribution in [0.15, 0.2) is 48.5 Å². The Morgan fingerprint density at radius 1 is 1.07 bits per heavy atom. The number of halogens is 3. The van der Waals surface area contributed by atoms with E-state index in [4.69, 9.17) is 0 Å². The topological polar surface area (TPSA) is 40.6 Å². The number of alkyl halides is 3. The summed E-state index contributed by atoms with van der Waals surface area (Å²) in [4.78, 5) is 28.8. The number of likely N-dealkylation sites (tertiary alicyclic amines) is 1. The van der Waals surface area contributed by atoms with Crippen LogP contribution in [-0.4, -0.2) is 36.3 Å². The average Bonchev–Trinajstić information content (AvgIpc) is 3.23. The number of anilines is 1. The highest BCUT2D eigenvalue weighted by molar-refractivity contribution is 5.97. The van der Waals surface area contributed by atoms with Gasteiger partial charge in [-0.1, -0.05) is 18.2 Å². The van der Waals surface area contributed by atoms with E-state index in [-0.39, 0.29) is 16.9 Å². The Balaban J connectivity index is 1.51. The third kappa shape index (κ3) is 3.73. The van der Waals surface area contributed by atoms with Crippen LogP contribution in [-0.2, 0) is 11.0 Å². The molecule has 0 radical (unpaired) electrons. The van der Waals surface area contributed by atoms with Gasteiger partial charge in [0.1, 0.15) is 0 Å². The van der Waals surface area contributed by atoms with E-state index < -0.39 is 17.6 Å². The number of carbonyl (C=O) groups excluding carboxylic acids is 2. The Kier molecular flexibility index (Phi) is 4.63. The van der Waals surface area contributed by atoms with Gasteiger partial charge < -0.3 is 9.80 Å². The third-order valence-corrected chi connectivity index (χ3v) is 5.80. The first-order chi connectivity index (χ1) is 13.7. The third-order valence-electron chi connectivity index (χ3n) is 5.80. The van der Waals surface area contributed by atoms with Crippen molar-refractivity contribution in [1.82, 2.24) is 4.90 Å². The van der Waals surface area contributed by atoms with Crippen LogP contribution in [0.2, 0.25) is 0 Å². The fourth-order valence-corrected chi connectivity index (χ4v) is 4.32. The molecule has 2 amide bonds. The monoisotopic (exact) mass is 402 g/mol. The van der Waals surface area contributed by atoms with E-state index in [1.807, 2.05) is 31.2 Å². The molecule has 0 aliphatic carbocycles. The predicted molar refractivity (Wildman–Crippen MR) is 103 cm³/mol. The first-order valence-electron chi connectivity index (χ1n) is 9.51. The van der Waals surface area contributed by atoms with Crippen LogP contribution in [0, 0.1) is 12.3 Å². The van der Waals surface area contributed by atoms with Gasteiger partial charge in [-0.15, -0.1) is 0 Å². The summed E-state index contributed by atoms with van der Waals surface area (Å²) in [6.45, 7) is 3.28. The summed E-state index contributed by atoms with van der Waals surface area (Å²) in [5, 5.41) is 0. The molecule has 2 aromatic rings. The number of hydrogen-bond donors (Lipinski definition) is 0. The maximum atomic E-state index is 13.0. The molecule has 0 N–H and O–H groups in total. The minimum atomic E-state index is -4.49. The van der Waals surface area contributed by atoms with Gasteiger partial charge in [-0.05, 0) is 49.2 Å². The second-order valence-corrected chi connectivity index (χ2v) is 8.05. The molecule has 2 aliphatic heterocycles. The molecule has 0 saturated carbocycles. The van der Waals surface area contributed by atoms with Crippen molar-refractivity contribution in [1.29, 1.82) is 0 Å². The number of benzene rings is 2. The fourth-order valence-electron chi connectivity index (χ4n) is 4.32. The smallest absolute Gasteiger partial charge is 0.338 e. The zero-order valence-electron chi connectivity index (χ0n) is 16.0. The minimum Gasteiger partial charge on any atom is -0.338 e. The molecule has 2 fully saturated rings. The van der Waals surface area contributed by atoms with E-state index >= 15 is 0 Å². The van der Waals surface area contributed by atoms with Crippen LogP contribution in [0.25, 0.3) is 0 Å². The van der Waals surface area contributed by atoms with Crippen molar-refractivity contribution in [3.05, 3.63) is 65.2 Å². The summed E-state index contributed by atoms with van der Waals surface area (Å²) < 4.78 is 38.9. The van der Waals surface area contributed by atoms with E-state index in [0.29, 0.717) is 32.5 Å². The molecule has 1 atom stereocenters. The van der Waals surface area contributed by atoms with Crippen LogP contribution in [0.4, 0.5) is 18.9 Å². The molecule has 1 spiro atoms. The molecular formula is C22H21F3N2O2. The Labute approximate surface area is 166 Å². The first kappa shape index (κ1) is 19.5. The van der Waals surface area contributed by atoms with Gasteiger partial charge in [0.15, 0.2) is 0 Å². The lowest BCUT2D eigenvalue weighted by atomic mass is 9.86. The molecule has 0 aromatic heterocycles. The fraction of sp³-hybridized carbons (Fsp3) is 0.364. The maximum absolute atomic E-state index is 13.0. The number of hydrogen-bond acceptors (Lipinski definition) is 2. The Hall–Kier alpha value is -2.83. The summed E-state index contributed by atoms with van der Waals surface area (Å²) in [5.41, 5.74) is 0.743. The van der Waals surface area contributed by atoms with Gasteiger partial charge in [-0.3, -0.25) is 9.59 Å². The molecule has 2 aromatic carbocycles. The molecule has 2 aliphatic rings. The zero-order chi connectivity index (χ0) is 20.8. The predicted octanol–water partition coefficient (Wildman–Crippen LogP) is 4.28. The normalized spacial score (nSPS) is 22.0. The van der Waals surface area contributed by atoms with Crippen LogP contribution in [0.3, 0.4) is 0 Å². The number of aryl methyl sites for hydroxylation is 1. The van der Waals surface area contributed by atoms with Gasteiger partial charge in [0.25, 0.3) is 5.91 Å². The zero-order valence-corrected chi connectivity index (χ0v) is 16.0. The molecule has 152 valence electrons. The van der Waals surface area contributed by atoms with Crippen LogP contribution < -0.4 is 4.90 Å². The van der Waals surface area contributed by atoms with E-state index in [9.17, 15) is 22.8 Å². The van der Waals surface area contributed by atoms with Crippen molar-refractivity contribution < 1.29 is 22.8 Å². The molecule has 4 rings (SSSR count). The summed E-state index contributed by atoms with van der Waals surface area (Å²) in [6.07, 6.45) is -3.49. The van der Waals surface area contributed by atoms with E-state index in [2.05, 4.69) is 0 Å². The van der Waals surface area contributed by atoms with Crippen molar-refractivity contribution in [2.24, 2.45) is 5.41 Å². The largest absolute Gasteiger partial charge is 0.416 e. The molecule has 7 heteroatoms. The van der Waals surface area contributed by atoms with Crippen molar-refractivity contribution in [2.45, 2.75) is 25.9 Å². The van der Waals surface area contributed by atoms with Gasteiger partial charge >= 0.3 is 6.18 Å². The van der Waals surface area contributed by atoms with E-state index in [0.717, 1.165) is 23.4 Å². The van der Waals surface area contributed by atoms with Crippen molar-refractivity contribution in [3.8, 4) is 0 Å². The Morgan fingerprint density at radius 3 is 2.55 bits per heavy atom. The summed E-state index contributed by atoms with van der Waals surface area (Å²) in [6, 6.07) is 12.2. The number of rotatable bonds is 2. The van der Waals surface area contributed by atoms with Gasteiger partial charge in [0.2, 0.25) is 5.91 Å². The van der Waals surface area contributed by atoms with Crippen LogP contribution in [0.1, 0.15) is 34.3 Å². The van der Waals surface area contributed by atoms with Crippen LogP contribution in [0.5, 0.6) is 0 Å². The summed E-state index contributed by atoms with van der Waals surface area (Å²) in [7, 11) is 0. The van der Waals surface area contributed by atoms with Gasteiger partial charge in [0, 0.05) is 42.7 Å². The summed E-state index contributed by atoms with van der Waals surface area (Å²) >= 11 is 0. The Morgan fingerprint density at radius 2 is 1.83 bits per heavy atom. The molecule has 1 unspecified atom stereocenters. The first-order valence-corrected chi connectivity index (χ1v) is 9.51. The van der Waals surface area contributed by atoms with Crippen molar-refractivity contribution >= 4 is 17.5 Å². The Bertz CT molecular complexity index is 973. The molecule has 29 heavy (non-hydrogen) atoms. The number of nitrogens with zero attached hydrogens (tertiary/aromatic N) is 2. The van der Waals surface area contributed by atoms with Gasteiger partial charge in [-0.25, -0.2) is 0 Å². The van der Waals surface area contributed by atoms with Gasteiger partial charge in [0.05, 0.1) is 5.56 Å². The standard InChI is InChI=1S/C22H21F3N2O2/c1-15-4-2-7-18(10-15)27-14-21(12-19(27)28)8-9-26(13-21)20(29)16-5-3-6-17(11-16)22(23,24)25/h2-7,10-11H,8-9,12-14H2,1H3. The average molecular weight is 402 g/mol. The lowest BCUT2D eigenvalue weighted by molar-refractivity contribution is -0.137. The lowest BCUT2D eigenvalue weighted by Crippen LogP contribution is -2.34. The maximum Gasteiger partial charge on any atom is 0.416 e. The van der Waals surface area contributed by atoms with E-state index in [1.54, 1.807) is 9.80 Å². The molecular weight excluding hydrogens is 381 g/mol. The molecule has 0 bridgehead atoms. The summed E-state index contributed by atoms with van der Waals surface area (Å²) in [5.74, 6) is -0.404. The highest BCUT2D eigenvalue weighted by atomic mass is 19.4. The van der Waals surface area contributed by atoms with Crippen molar-refractivity contribution in [2.75, 3.05) is 24.5 Å². The molecule has 4 nitrogen and oxygen atoms in total. The number of amides is 2. The highest BCUT2D eigenvalue weighted by Gasteiger charge is 2.49. The number of carbonyl (C=O) groups is 2. The SMILES string of the molecule is Cc1cccc(N2CC3(CCN(C(=O)c4cccc(C(F)(F)F)c4)C3)CC2=O)c1. The van der Waals surface area contributed by atoms with E-state index in [1.165, 1.54) is 12.1 Å². The minimum absolute atomic E-state index is 0.0176. The second kappa shape index (κ2) is 6.90. The second-order valence-electron chi connectivity index (χ2n) is 8.05. The quantitative estimate of drug-likeness (QED) is 0.752. The lowest BCUT2D eigenvalue weighted by Gasteiger charge is -2.24. The molecule has 2 saturated heterocycles. The van der Waals surface area contributed by atoms with Gasteiger partial charge in [-0.2, -0.15) is 13.2 Å². The van der Waals surface area contributed by atoms with Crippen LogP contribution >= 0.6 is 0 Å². The molecule has 2 heterocycles. The van der Waals surface area contributed by atoms with Crippen molar-refractivity contribution in [3.63, 3.8) is 0 Å².